The van der Waals surface area contributed by atoms with E-state index in [1.165, 1.54) is 11.1 Å². The highest BCUT2D eigenvalue weighted by Gasteiger charge is 2.35. The summed E-state index contributed by atoms with van der Waals surface area (Å²) >= 11 is 0. The lowest BCUT2D eigenvalue weighted by atomic mass is 10.1. The average Bonchev–Trinajstić information content (AvgIpc) is 2.52. The van der Waals surface area contributed by atoms with Gasteiger partial charge in [-0.05, 0) is 44.2 Å². The summed E-state index contributed by atoms with van der Waals surface area (Å²) in [5.41, 5.74) is -1.26. The maximum Gasteiger partial charge on any atom is 0.417 e. The SMILES string of the molecule is CC(C)ON(c1ccccc1)c1ccc(C(F)(F)F)c(C(=O)O)c1. The van der Waals surface area contributed by atoms with Gasteiger partial charge in [0.1, 0.15) is 0 Å². The van der Waals surface area contributed by atoms with Crippen LogP contribution >= 0.6 is 0 Å². The van der Waals surface area contributed by atoms with Gasteiger partial charge in [0.25, 0.3) is 0 Å². The van der Waals surface area contributed by atoms with Crippen molar-refractivity contribution in [3.63, 3.8) is 0 Å². The highest BCUT2D eigenvalue weighted by molar-refractivity contribution is 5.91. The molecule has 7 heteroatoms. The fourth-order valence-electron chi connectivity index (χ4n) is 2.13. The Labute approximate surface area is 137 Å². The molecule has 0 amide bonds. The summed E-state index contributed by atoms with van der Waals surface area (Å²) in [5, 5.41) is 10.4. The zero-order valence-electron chi connectivity index (χ0n) is 13.0. The van der Waals surface area contributed by atoms with E-state index >= 15 is 0 Å². The molecule has 0 heterocycles. The molecule has 0 atom stereocenters. The normalized spacial score (nSPS) is 11.6. The number of anilines is 2. The molecule has 0 unspecified atom stereocenters. The number of hydrogen-bond donors (Lipinski definition) is 1. The van der Waals surface area contributed by atoms with Gasteiger partial charge in [0.05, 0.1) is 28.6 Å². The Balaban J connectivity index is 2.55. The Morgan fingerprint density at radius 1 is 1.08 bits per heavy atom. The van der Waals surface area contributed by atoms with Crippen molar-refractivity contribution in [2.45, 2.75) is 26.1 Å². The Bertz CT molecular complexity index is 715. The molecule has 4 nitrogen and oxygen atoms in total. The van der Waals surface area contributed by atoms with Crippen molar-refractivity contribution in [3.8, 4) is 0 Å². The van der Waals surface area contributed by atoms with Gasteiger partial charge in [-0.25, -0.2) is 9.86 Å². The lowest BCUT2D eigenvalue weighted by molar-refractivity contribution is -0.138. The quantitative estimate of drug-likeness (QED) is 0.789. The van der Waals surface area contributed by atoms with Crippen LogP contribution in [0.5, 0.6) is 0 Å². The number of carboxylic acid groups (broad SMARTS) is 1. The average molecular weight is 339 g/mol. The molecule has 2 rings (SSSR count). The zero-order chi connectivity index (χ0) is 17.9. The van der Waals surface area contributed by atoms with Crippen LogP contribution in [0.1, 0.15) is 29.8 Å². The van der Waals surface area contributed by atoms with Gasteiger partial charge in [0, 0.05) is 0 Å². The molecule has 0 saturated carbocycles. The van der Waals surface area contributed by atoms with Crippen LogP contribution in [0.3, 0.4) is 0 Å². The van der Waals surface area contributed by atoms with Crippen molar-refractivity contribution in [2.24, 2.45) is 0 Å². The summed E-state index contributed by atoms with van der Waals surface area (Å²) in [6.07, 6.45) is -5.01. The molecule has 2 aromatic rings. The minimum atomic E-state index is -4.75. The van der Waals surface area contributed by atoms with Gasteiger partial charge in [-0.2, -0.15) is 13.2 Å². The van der Waals surface area contributed by atoms with E-state index in [0.717, 1.165) is 12.1 Å². The molecule has 1 N–H and O–H groups in total. The lowest BCUT2D eigenvalue weighted by Crippen LogP contribution is -2.23. The van der Waals surface area contributed by atoms with Gasteiger partial charge >= 0.3 is 12.1 Å². The molecular formula is C17H16F3NO3. The number of aromatic carboxylic acids is 1. The first-order valence-electron chi connectivity index (χ1n) is 7.16. The number of hydrogen-bond acceptors (Lipinski definition) is 3. The third kappa shape index (κ3) is 4.05. The second kappa shape index (κ2) is 6.92. The maximum absolute atomic E-state index is 13.0. The summed E-state index contributed by atoms with van der Waals surface area (Å²) in [4.78, 5) is 16.9. The molecule has 0 aliphatic rings. The van der Waals surface area contributed by atoms with Crippen molar-refractivity contribution >= 4 is 17.3 Å². The van der Waals surface area contributed by atoms with Gasteiger partial charge in [0.2, 0.25) is 0 Å². The highest BCUT2D eigenvalue weighted by Crippen LogP contribution is 2.35. The molecule has 0 aromatic heterocycles. The van der Waals surface area contributed by atoms with Crippen molar-refractivity contribution in [1.82, 2.24) is 0 Å². The second-order valence-electron chi connectivity index (χ2n) is 5.32. The molecule has 128 valence electrons. The minimum absolute atomic E-state index is 0.195. The monoisotopic (exact) mass is 339 g/mol. The van der Waals surface area contributed by atoms with E-state index in [2.05, 4.69) is 0 Å². The minimum Gasteiger partial charge on any atom is -0.478 e. The molecular weight excluding hydrogens is 323 g/mol. The Morgan fingerprint density at radius 3 is 2.21 bits per heavy atom. The summed E-state index contributed by atoms with van der Waals surface area (Å²) in [5.74, 6) is -1.65. The zero-order valence-corrected chi connectivity index (χ0v) is 13.0. The maximum atomic E-state index is 13.0. The van der Waals surface area contributed by atoms with E-state index in [0.29, 0.717) is 5.69 Å². The largest absolute Gasteiger partial charge is 0.478 e. The standard InChI is InChI=1S/C17H16F3NO3/c1-11(2)24-21(12-6-4-3-5-7-12)13-8-9-15(17(18,19)20)14(10-13)16(22)23/h3-11H,1-2H3,(H,22,23). The molecule has 0 aliphatic carbocycles. The molecule has 0 aliphatic heterocycles. The second-order valence-corrected chi connectivity index (χ2v) is 5.32. The molecule has 0 bridgehead atoms. The van der Waals surface area contributed by atoms with Crippen LogP contribution in [-0.4, -0.2) is 17.2 Å². The first-order valence-corrected chi connectivity index (χ1v) is 7.16. The summed E-state index contributed by atoms with van der Waals surface area (Å²) in [6.45, 7) is 3.52. The van der Waals surface area contributed by atoms with Crippen molar-refractivity contribution in [3.05, 3.63) is 59.7 Å². The van der Waals surface area contributed by atoms with E-state index in [-0.39, 0.29) is 11.8 Å². The van der Waals surface area contributed by atoms with E-state index in [9.17, 15) is 18.0 Å². The van der Waals surface area contributed by atoms with Crippen LogP contribution in [0.4, 0.5) is 24.5 Å². The number of nitrogens with zero attached hydrogens (tertiary/aromatic N) is 1. The van der Waals surface area contributed by atoms with Gasteiger partial charge in [0.15, 0.2) is 0 Å². The van der Waals surface area contributed by atoms with E-state index in [4.69, 9.17) is 9.94 Å². The fourth-order valence-corrected chi connectivity index (χ4v) is 2.13. The summed E-state index contributed by atoms with van der Waals surface area (Å²) < 4.78 is 38.9. The predicted molar refractivity (Wildman–Crippen MR) is 83.2 cm³/mol. The van der Waals surface area contributed by atoms with Crippen LogP contribution in [0.15, 0.2) is 48.5 Å². The van der Waals surface area contributed by atoms with Crippen LogP contribution in [0.25, 0.3) is 0 Å². The van der Waals surface area contributed by atoms with Crippen molar-refractivity contribution in [2.75, 3.05) is 5.06 Å². The number of carboxylic acids is 1. The van der Waals surface area contributed by atoms with Crippen molar-refractivity contribution in [1.29, 1.82) is 0 Å². The van der Waals surface area contributed by atoms with Crippen LogP contribution in [0, 0.1) is 0 Å². The number of rotatable bonds is 5. The lowest BCUT2D eigenvalue weighted by Gasteiger charge is -2.27. The predicted octanol–water partition coefficient (Wildman–Crippen LogP) is 4.88. The highest BCUT2D eigenvalue weighted by atomic mass is 19.4. The number of para-hydroxylation sites is 1. The summed E-state index contributed by atoms with van der Waals surface area (Å²) in [6, 6.07) is 11.6. The first kappa shape index (κ1) is 17.8. The third-order valence-electron chi connectivity index (χ3n) is 3.08. The van der Waals surface area contributed by atoms with E-state index in [1.54, 1.807) is 44.2 Å². The van der Waals surface area contributed by atoms with E-state index in [1.807, 2.05) is 0 Å². The molecule has 0 saturated heterocycles. The van der Waals surface area contributed by atoms with Crippen molar-refractivity contribution < 1.29 is 27.9 Å². The number of alkyl halides is 3. The molecule has 0 fully saturated rings. The molecule has 2 aromatic carbocycles. The van der Waals surface area contributed by atoms with Gasteiger partial charge in [-0.3, -0.25) is 4.84 Å². The van der Waals surface area contributed by atoms with Gasteiger partial charge < -0.3 is 5.11 Å². The molecule has 24 heavy (non-hydrogen) atoms. The Kier molecular flexibility index (Phi) is 5.14. The number of halogens is 3. The Morgan fingerprint density at radius 2 is 1.71 bits per heavy atom. The number of carbonyl (C=O) groups is 1. The number of benzene rings is 2. The summed E-state index contributed by atoms with van der Waals surface area (Å²) in [7, 11) is 0. The molecule has 0 spiro atoms. The topological polar surface area (TPSA) is 49.8 Å². The van der Waals surface area contributed by atoms with Crippen LogP contribution in [0.2, 0.25) is 0 Å². The Hall–Kier alpha value is -2.54. The third-order valence-corrected chi connectivity index (χ3v) is 3.08. The fraction of sp³-hybridized carbons (Fsp3) is 0.235. The van der Waals surface area contributed by atoms with Gasteiger partial charge in [-0.15, -0.1) is 0 Å². The van der Waals surface area contributed by atoms with Crippen LogP contribution < -0.4 is 5.06 Å². The first-order chi connectivity index (χ1) is 11.2. The van der Waals surface area contributed by atoms with Crippen LogP contribution in [-0.2, 0) is 11.0 Å². The van der Waals surface area contributed by atoms with Gasteiger partial charge in [-0.1, -0.05) is 18.2 Å². The smallest absolute Gasteiger partial charge is 0.417 e. The molecule has 0 radical (unpaired) electrons. The van der Waals surface area contributed by atoms with E-state index < -0.39 is 23.3 Å².